The first-order valence-electron chi connectivity index (χ1n) is 10.4. The molecule has 158 valence electrons. The van der Waals surface area contributed by atoms with E-state index >= 15 is 0 Å². The molecule has 0 N–H and O–H groups in total. The van der Waals surface area contributed by atoms with Crippen LogP contribution in [0.4, 0.5) is 4.79 Å². The third-order valence-corrected chi connectivity index (χ3v) is 7.60. The second-order valence-electron chi connectivity index (χ2n) is 8.64. The van der Waals surface area contributed by atoms with Crippen molar-refractivity contribution in [2.45, 2.75) is 49.3 Å². The van der Waals surface area contributed by atoms with E-state index in [1.54, 1.807) is 14.2 Å². The van der Waals surface area contributed by atoms with Crippen molar-refractivity contribution < 1.29 is 28.5 Å². The number of hydrogen-bond acceptors (Lipinski definition) is 6. The Morgan fingerprint density at radius 3 is 2.52 bits per heavy atom. The summed E-state index contributed by atoms with van der Waals surface area (Å²) in [4.78, 5) is 14.5. The van der Waals surface area contributed by atoms with E-state index in [0.29, 0.717) is 31.4 Å². The molecule has 3 atom stereocenters. The molecule has 3 fully saturated rings. The molecule has 3 heterocycles. The Balaban J connectivity index is 1.69. The predicted octanol–water partition coefficient (Wildman–Crippen LogP) is 3.40. The lowest BCUT2D eigenvalue weighted by Crippen LogP contribution is -2.51. The summed E-state index contributed by atoms with van der Waals surface area (Å²) in [7, 11) is 4.77. The molecule has 2 spiro atoms. The van der Waals surface area contributed by atoms with Crippen molar-refractivity contribution in [3.8, 4) is 11.5 Å². The lowest BCUT2D eigenvalue weighted by atomic mass is 9.54. The molecule has 2 saturated heterocycles. The zero-order valence-electron chi connectivity index (χ0n) is 17.4. The third-order valence-electron chi connectivity index (χ3n) is 7.60. The summed E-state index contributed by atoms with van der Waals surface area (Å²) < 4.78 is 28.7. The van der Waals surface area contributed by atoms with E-state index in [-0.39, 0.29) is 17.6 Å². The van der Waals surface area contributed by atoms with Crippen molar-refractivity contribution in [1.29, 1.82) is 0 Å². The zero-order chi connectivity index (χ0) is 20.2. The van der Waals surface area contributed by atoms with Crippen LogP contribution in [0.2, 0.25) is 0 Å². The van der Waals surface area contributed by atoms with Gasteiger partial charge in [0, 0.05) is 24.8 Å². The molecule has 0 aromatic heterocycles. The van der Waals surface area contributed by atoms with Crippen molar-refractivity contribution in [3.63, 3.8) is 0 Å². The minimum absolute atomic E-state index is 0.0163. The van der Waals surface area contributed by atoms with Gasteiger partial charge in [-0.25, -0.2) is 4.79 Å². The van der Waals surface area contributed by atoms with Gasteiger partial charge in [-0.2, -0.15) is 0 Å². The van der Waals surface area contributed by atoms with Gasteiger partial charge in [0.2, 0.25) is 0 Å². The van der Waals surface area contributed by atoms with E-state index < -0.39 is 5.79 Å². The van der Waals surface area contributed by atoms with E-state index in [4.69, 9.17) is 23.7 Å². The van der Waals surface area contributed by atoms with Crippen molar-refractivity contribution in [3.05, 3.63) is 23.3 Å². The van der Waals surface area contributed by atoms with E-state index in [1.807, 2.05) is 4.90 Å². The van der Waals surface area contributed by atoms with Crippen LogP contribution >= 0.6 is 0 Å². The molecule has 1 aromatic rings. The Labute approximate surface area is 171 Å². The van der Waals surface area contributed by atoms with Crippen molar-refractivity contribution in [2.75, 3.05) is 41.1 Å². The normalized spacial score (nSPS) is 31.8. The quantitative estimate of drug-likeness (QED) is 0.754. The van der Waals surface area contributed by atoms with Gasteiger partial charge in [-0.15, -0.1) is 0 Å². The van der Waals surface area contributed by atoms with Crippen LogP contribution in [0, 0.1) is 5.92 Å². The average molecular weight is 403 g/mol. The lowest BCUT2D eigenvalue weighted by molar-refractivity contribution is -0.202. The molecular formula is C22H29NO6. The maximum absolute atomic E-state index is 12.6. The fourth-order valence-corrected chi connectivity index (χ4v) is 6.32. The van der Waals surface area contributed by atoms with Crippen LogP contribution in [-0.2, 0) is 19.6 Å². The standard InChI is InChI=1S/C22H29NO6/c1-25-18-11-15-16(12-19(18)26-2)21-6-7-23(20(24)27-3)17(15)10-14(21)4-5-22(13-21)28-8-9-29-22/h11-12,14,17H,4-10,13H2,1-3H3/t14-,17+,21+/m0/s1. The average Bonchev–Trinajstić information content (AvgIpc) is 3.07. The van der Waals surface area contributed by atoms with Gasteiger partial charge in [0.25, 0.3) is 0 Å². The topological polar surface area (TPSA) is 66.5 Å². The molecule has 2 bridgehead atoms. The molecule has 0 unspecified atom stereocenters. The lowest BCUT2D eigenvalue weighted by Gasteiger charge is -2.53. The molecule has 1 amide bonds. The fraction of sp³-hybridized carbons (Fsp3) is 0.682. The van der Waals surface area contributed by atoms with Gasteiger partial charge in [0.1, 0.15) is 0 Å². The highest BCUT2D eigenvalue weighted by molar-refractivity contribution is 5.69. The van der Waals surface area contributed by atoms with E-state index in [0.717, 1.165) is 43.4 Å². The molecule has 2 aliphatic carbocycles. The molecular weight excluding hydrogens is 374 g/mol. The highest BCUT2D eigenvalue weighted by Gasteiger charge is 2.59. The molecule has 5 aliphatic rings. The number of ether oxygens (including phenoxy) is 5. The number of hydrogen-bond donors (Lipinski definition) is 0. The first-order valence-corrected chi connectivity index (χ1v) is 10.4. The van der Waals surface area contributed by atoms with Crippen LogP contribution in [-0.4, -0.2) is 57.9 Å². The summed E-state index contributed by atoms with van der Waals surface area (Å²) in [6.45, 7) is 1.95. The van der Waals surface area contributed by atoms with Gasteiger partial charge in [-0.05, 0) is 48.4 Å². The molecule has 7 heteroatoms. The van der Waals surface area contributed by atoms with Crippen molar-refractivity contribution in [2.24, 2.45) is 5.92 Å². The number of nitrogens with zero attached hydrogens (tertiary/aromatic N) is 1. The minimum Gasteiger partial charge on any atom is -0.493 e. The van der Waals surface area contributed by atoms with Crippen LogP contribution < -0.4 is 9.47 Å². The summed E-state index contributed by atoms with van der Waals surface area (Å²) in [5.41, 5.74) is 2.27. The largest absolute Gasteiger partial charge is 0.493 e. The fourth-order valence-electron chi connectivity index (χ4n) is 6.32. The Kier molecular flexibility index (Phi) is 4.44. The van der Waals surface area contributed by atoms with E-state index in [9.17, 15) is 4.79 Å². The highest BCUT2D eigenvalue weighted by Crippen LogP contribution is 2.62. The van der Waals surface area contributed by atoms with Gasteiger partial charge in [0.15, 0.2) is 17.3 Å². The summed E-state index contributed by atoms with van der Waals surface area (Å²) in [5.74, 6) is 1.37. The van der Waals surface area contributed by atoms with E-state index in [2.05, 4.69) is 12.1 Å². The summed E-state index contributed by atoms with van der Waals surface area (Å²) in [6, 6.07) is 4.16. The minimum atomic E-state index is -0.506. The molecule has 1 saturated carbocycles. The van der Waals surface area contributed by atoms with Crippen LogP contribution in [0.5, 0.6) is 11.5 Å². The molecule has 29 heavy (non-hydrogen) atoms. The maximum atomic E-state index is 12.6. The number of rotatable bonds is 2. The number of amides is 1. The van der Waals surface area contributed by atoms with Crippen molar-refractivity contribution >= 4 is 6.09 Å². The third kappa shape index (κ3) is 2.66. The smallest absolute Gasteiger partial charge is 0.409 e. The van der Waals surface area contributed by atoms with E-state index in [1.165, 1.54) is 12.7 Å². The van der Waals surface area contributed by atoms with Gasteiger partial charge in [-0.1, -0.05) is 0 Å². The Bertz CT molecular complexity index is 820. The summed E-state index contributed by atoms with van der Waals surface area (Å²) >= 11 is 0. The monoisotopic (exact) mass is 403 g/mol. The van der Waals surface area contributed by atoms with Gasteiger partial charge in [-0.3, -0.25) is 0 Å². The highest BCUT2D eigenvalue weighted by atomic mass is 16.7. The summed E-state index contributed by atoms with van der Waals surface area (Å²) in [5, 5.41) is 0. The molecule has 0 radical (unpaired) electrons. The zero-order valence-corrected chi connectivity index (χ0v) is 17.4. The van der Waals surface area contributed by atoms with Crippen LogP contribution in [0.25, 0.3) is 0 Å². The first kappa shape index (κ1) is 19.0. The maximum Gasteiger partial charge on any atom is 0.409 e. The van der Waals surface area contributed by atoms with Crippen LogP contribution in [0.1, 0.15) is 49.3 Å². The predicted molar refractivity (Wildman–Crippen MR) is 104 cm³/mol. The van der Waals surface area contributed by atoms with Gasteiger partial charge >= 0.3 is 6.09 Å². The number of methoxy groups -OCH3 is 3. The molecule has 6 rings (SSSR count). The SMILES string of the molecule is COC(=O)N1CC[C@@]23CC4(CC[C@H]2C[C@@H]1c1cc(OC)c(OC)cc13)OCCO4. The molecule has 7 nitrogen and oxygen atoms in total. The Hall–Kier alpha value is -1.99. The van der Waals surface area contributed by atoms with Gasteiger partial charge < -0.3 is 28.6 Å². The number of benzene rings is 1. The summed E-state index contributed by atoms with van der Waals surface area (Å²) in [6.07, 6.45) is 4.27. The molecule has 3 aliphatic heterocycles. The number of carbonyl (C=O) groups is 1. The number of carbonyl (C=O) groups excluding carboxylic acids is 1. The first-order chi connectivity index (χ1) is 14.1. The second kappa shape index (κ2) is 6.77. The Morgan fingerprint density at radius 2 is 1.83 bits per heavy atom. The van der Waals surface area contributed by atoms with Crippen molar-refractivity contribution in [1.82, 2.24) is 4.90 Å². The molecule has 1 aromatic carbocycles. The Morgan fingerprint density at radius 1 is 1.10 bits per heavy atom. The number of fused-ring (bicyclic) bond motifs is 2. The second-order valence-corrected chi connectivity index (χ2v) is 8.64. The van der Waals surface area contributed by atoms with Crippen LogP contribution in [0.3, 0.4) is 0 Å². The van der Waals surface area contributed by atoms with Gasteiger partial charge in [0.05, 0.1) is 40.6 Å². The van der Waals surface area contributed by atoms with Crippen LogP contribution in [0.15, 0.2) is 12.1 Å².